The molecule has 6 atom stereocenters. The zero-order valence-corrected chi connectivity index (χ0v) is 15.6. The maximum atomic E-state index is 12.9. The predicted octanol–water partition coefficient (Wildman–Crippen LogP) is 3.45. The van der Waals surface area contributed by atoms with Gasteiger partial charge in [0.15, 0.2) is 6.29 Å². The van der Waals surface area contributed by atoms with Crippen LogP contribution in [0.4, 0.5) is 0 Å². The fraction of sp³-hybridized carbons (Fsp3) is 0.950. The minimum atomic E-state index is -0.721. The molecule has 24 heavy (non-hydrogen) atoms. The van der Waals surface area contributed by atoms with Gasteiger partial charge in [0.1, 0.15) is 5.78 Å². The Bertz CT molecular complexity index is 558. The largest absolute Gasteiger partial charge is 0.368 e. The van der Waals surface area contributed by atoms with Crippen LogP contribution in [-0.4, -0.2) is 35.0 Å². The smallest absolute Gasteiger partial charge is 0.157 e. The molecule has 2 heterocycles. The van der Waals surface area contributed by atoms with Crippen molar-refractivity contribution in [1.82, 2.24) is 0 Å². The summed E-state index contributed by atoms with van der Waals surface area (Å²) in [5.74, 6) is 0.679. The Morgan fingerprint density at radius 3 is 2.54 bits per heavy atom. The van der Waals surface area contributed by atoms with Crippen LogP contribution in [0.5, 0.6) is 0 Å². The van der Waals surface area contributed by atoms with Crippen molar-refractivity contribution in [3.05, 3.63) is 0 Å². The van der Waals surface area contributed by atoms with E-state index in [0.717, 1.165) is 19.3 Å². The zero-order valence-electron chi connectivity index (χ0n) is 15.6. The Morgan fingerprint density at radius 1 is 1.12 bits per heavy atom. The molecule has 2 aliphatic heterocycles. The lowest BCUT2D eigenvalue weighted by Gasteiger charge is -2.63. The highest BCUT2D eigenvalue weighted by Crippen LogP contribution is 2.67. The van der Waals surface area contributed by atoms with Gasteiger partial charge in [0.2, 0.25) is 0 Å². The first-order chi connectivity index (χ1) is 11.1. The Hall–Kier alpha value is -0.450. The van der Waals surface area contributed by atoms with Gasteiger partial charge in [-0.1, -0.05) is 34.1 Å². The first-order valence-corrected chi connectivity index (χ1v) is 9.67. The van der Waals surface area contributed by atoms with E-state index in [0.29, 0.717) is 31.1 Å². The van der Waals surface area contributed by atoms with Gasteiger partial charge in [0, 0.05) is 24.2 Å². The van der Waals surface area contributed by atoms with Crippen LogP contribution in [0.15, 0.2) is 0 Å². The van der Waals surface area contributed by atoms with E-state index >= 15 is 0 Å². The summed E-state index contributed by atoms with van der Waals surface area (Å²) in [6.45, 7) is 9.59. The van der Waals surface area contributed by atoms with Gasteiger partial charge in [-0.05, 0) is 37.0 Å². The van der Waals surface area contributed by atoms with Crippen LogP contribution in [0, 0.1) is 22.7 Å². The Labute approximate surface area is 145 Å². The van der Waals surface area contributed by atoms with Gasteiger partial charge < -0.3 is 14.6 Å². The molecule has 2 saturated heterocycles. The van der Waals surface area contributed by atoms with Crippen molar-refractivity contribution in [2.75, 3.05) is 6.61 Å². The fourth-order valence-corrected chi connectivity index (χ4v) is 6.80. The molecule has 136 valence electrons. The van der Waals surface area contributed by atoms with Gasteiger partial charge in [-0.15, -0.1) is 0 Å². The van der Waals surface area contributed by atoms with Crippen molar-refractivity contribution in [3.63, 3.8) is 0 Å². The minimum absolute atomic E-state index is 0.0269. The number of aliphatic hydroxyl groups excluding tert-OH is 1. The van der Waals surface area contributed by atoms with Crippen LogP contribution in [0.2, 0.25) is 0 Å². The van der Waals surface area contributed by atoms with Crippen LogP contribution < -0.4 is 0 Å². The highest BCUT2D eigenvalue weighted by molar-refractivity contribution is 5.84. The molecule has 0 bridgehead atoms. The second kappa shape index (κ2) is 5.05. The van der Waals surface area contributed by atoms with E-state index in [1.807, 2.05) is 0 Å². The summed E-state index contributed by atoms with van der Waals surface area (Å²) in [6.07, 6.45) is 5.86. The second-order valence-electron chi connectivity index (χ2n) is 9.85. The highest BCUT2D eigenvalue weighted by Gasteiger charge is 2.69. The first-order valence-electron chi connectivity index (χ1n) is 9.67. The molecule has 4 rings (SSSR count). The Kier molecular flexibility index (Phi) is 3.57. The molecule has 4 fully saturated rings. The van der Waals surface area contributed by atoms with E-state index in [1.54, 1.807) is 0 Å². The van der Waals surface area contributed by atoms with Crippen molar-refractivity contribution in [1.29, 1.82) is 0 Å². The van der Waals surface area contributed by atoms with E-state index < -0.39 is 11.9 Å². The molecule has 4 aliphatic rings. The number of ether oxygens (including phenoxy) is 2. The third kappa shape index (κ3) is 2.05. The average molecular weight is 336 g/mol. The van der Waals surface area contributed by atoms with Crippen LogP contribution in [-0.2, 0) is 14.3 Å². The molecule has 2 saturated carbocycles. The summed E-state index contributed by atoms with van der Waals surface area (Å²) in [6, 6.07) is 0. The molecule has 0 radical (unpaired) electrons. The second-order valence-corrected chi connectivity index (χ2v) is 9.85. The van der Waals surface area contributed by atoms with Crippen molar-refractivity contribution in [3.8, 4) is 0 Å². The molecule has 1 N–H and O–H groups in total. The van der Waals surface area contributed by atoms with Crippen molar-refractivity contribution < 1.29 is 19.4 Å². The van der Waals surface area contributed by atoms with E-state index in [2.05, 4.69) is 27.7 Å². The topological polar surface area (TPSA) is 55.8 Å². The number of Topliss-reactive ketones (excluding diaryl/α,β-unsaturated/α-hetero) is 1. The van der Waals surface area contributed by atoms with E-state index in [9.17, 15) is 9.90 Å². The molecule has 0 aromatic rings. The molecule has 4 heteroatoms. The van der Waals surface area contributed by atoms with E-state index in [-0.39, 0.29) is 22.3 Å². The molecule has 0 unspecified atom stereocenters. The standard InChI is InChI=1S/C20H32O4/c1-13-14(21)10-15-17(2,3)6-5-7-18(15,4)20(13)9-8-19(24-20)11-16(22)23-12-19/h13,15-16,22H,5-12H2,1-4H3/t13-,15+,16+,18+,19-,20-/m1/s1. The lowest BCUT2D eigenvalue weighted by molar-refractivity contribution is -0.239. The Morgan fingerprint density at radius 2 is 1.88 bits per heavy atom. The number of carbonyl (C=O) groups excluding carboxylic acids is 1. The number of hydrogen-bond acceptors (Lipinski definition) is 4. The highest BCUT2D eigenvalue weighted by atomic mass is 16.6. The van der Waals surface area contributed by atoms with Crippen molar-refractivity contribution >= 4 is 5.78 Å². The average Bonchev–Trinajstić information content (AvgIpc) is 3.05. The van der Waals surface area contributed by atoms with Gasteiger partial charge in [0.05, 0.1) is 17.8 Å². The Balaban J connectivity index is 1.76. The van der Waals surface area contributed by atoms with E-state index in [4.69, 9.17) is 9.47 Å². The third-order valence-electron chi connectivity index (χ3n) is 8.22. The lowest BCUT2D eigenvalue weighted by Crippen LogP contribution is -2.65. The van der Waals surface area contributed by atoms with Gasteiger partial charge in [-0.3, -0.25) is 4.79 Å². The van der Waals surface area contributed by atoms with E-state index in [1.165, 1.54) is 12.8 Å². The maximum absolute atomic E-state index is 12.9. The normalized spacial score (nSPS) is 53.7. The lowest BCUT2D eigenvalue weighted by atomic mass is 9.44. The maximum Gasteiger partial charge on any atom is 0.157 e. The third-order valence-corrected chi connectivity index (χ3v) is 8.22. The molecular weight excluding hydrogens is 304 g/mol. The molecule has 2 spiro atoms. The molecule has 0 aromatic carbocycles. The van der Waals surface area contributed by atoms with Crippen LogP contribution in [0.25, 0.3) is 0 Å². The van der Waals surface area contributed by atoms with Crippen LogP contribution >= 0.6 is 0 Å². The van der Waals surface area contributed by atoms with Gasteiger partial charge in [-0.25, -0.2) is 0 Å². The fourth-order valence-electron chi connectivity index (χ4n) is 6.80. The summed E-state index contributed by atoms with van der Waals surface area (Å²) >= 11 is 0. The molecule has 4 nitrogen and oxygen atoms in total. The van der Waals surface area contributed by atoms with Crippen LogP contribution in [0.3, 0.4) is 0 Å². The zero-order chi connectivity index (χ0) is 17.4. The number of rotatable bonds is 0. The van der Waals surface area contributed by atoms with Gasteiger partial charge in [0.25, 0.3) is 0 Å². The summed E-state index contributed by atoms with van der Waals surface area (Å²) < 4.78 is 12.3. The van der Waals surface area contributed by atoms with Gasteiger partial charge >= 0.3 is 0 Å². The summed E-state index contributed by atoms with van der Waals surface area (Å²) in [7, 11) is 0. The number of hydrogen-bond donors (Lipinski definition) is 1. The van der Waals surface area contributed by atoms with Crippen molar-refractivity contribution in [2.45, 2.75) is 90.1 Å². The molecule has 0 amide bonds. The molecule has 2 aliphatic carbocycles. The van der Waals surface area contributed by atoms with Crippen molar-refractivity contribution in [2.24, 2.45) is 22.7 Å². The van der Waals surface area contributed by atoms with Gasteiger partial charge in [-0.2, -0.15) is 0 Å². The SMILES string of the molecule is C[C@@H]1C(=O)C[C@H]2C(C)(C)CCC[C@]2(C)[C@@]12CC[C@@]1(CO[C@H](O)C1)O2. The molecular formula is C20H32O4. The summed E-state index contributed by atoms with van der Waals surface area (Å²) in [4.78, 5) is 12.9. The quantitative estimate of drug-likeness (QED) is 0.736. The predicted molar refractivity (Wildman–Crippen MR) is 90.4 cm³/mol. The minimum Gasteiger partial charge on any atom is -0.368 e. The first kappa shape index (κ1) is 17.0. The summed E-state index contributed by atoms with van der Waals surface area (Å²) in [5.41, 5.74) is -0.571. The van der Waals surface area contributed by atoms with Crippen LogP contribution in [0.1, 0.15) is 72.6 Å². The number of carbonyl (C=O) groups is 1. The molecule has 0 aromatic heterocycles. The number of fused-ring (bicyclic) bond motifs is 2. The monoisotopic (exact) mass is 336 g/mol. The summed E-state index contributed by atoms with van der Waals surface area (Å²) in [5, 5.41) is 9.87. The number of ketones is 1. The number of aliphatic hydroxyl groups is 1.